The Morgan fingerprint density at radius 1 is 1.26 bits per heavy atom. The second kappa shape index (κ2) is 6.41. The summed E-state index contributed by atoms with van der Waals surface area (Å²) in [6.07, 6.45) is 0.956. The first-order valence-electron chi connectivity index (χ1n) is 6.59. The minimum Gasteiger partial charge on any atom is -0.392 e. The van der Waals surface area contributed by atoms with E-state index in [1.807, 2.05) is 0 Å². The highest BCUT2D eigenvalue weighted by atomic mass is 19.1. The number of piperidine rings is 1. The van der Waals surface area contributed by atoms with Gasteiger partial charge in [-0.15, -0.1) is 0 Å². The van der Waals surface area contributed by atoms with Crippen LogP contribution in [0.25, 0.3) is 0 Å². The predicted molar refractivity (Wildman–Crippen MR) is 67.6 cm³/mol. The molecule has 2 unspecified atom stereocenters. The Bertz CT molecular complexity index is 408. The molecule has 0 aromatic heterocycles. The van der Waals surface area contributed by atoms with E-state index in [-0.39, 0.29) is 11.7 Å². The average Bonchev–Trinajstić information content (AvgIpc) is 2.35. The first kappa shape index (κ1) is 14.4. The largest absolute Gasteiger partial charge is 0.392 e. The van der Waals surface area contributed by atoms with Gasteiger partial charge in [0.05, 0.1) is 12.2 Å². The summed E-state index contributed by atoms with van der Waals surface area (Å²) in [5.74, 6) is -1.36. The fourth-order valence-electron chi connectivity index (χ4n) is 2.47. The van der Waals surface area contributed by atoms with E-state index < -0.39 is 17.7 Å². The van der Waals surface area contributed by atoms with Gasteiger partial charge in [-0.2, -0.15) is 0 Å². The van der Waals surface area contributed by atoms with Gasteiger partial charge in [0, 0.05) is 19.2 Å². The molecule has 1 aromatic carbocycles. The number of hydrogen-bond acceptors (Lipinski definition) is 3. The lowest BCUT2D eigenvalue weighted by Crippen LogP contribution is -2.39. The van der Waals surface area contributed by atoms with Crippen LogP contribution in [0.15, 0.2) is 18.2 Å². The fraction of sp³-hybridized carbons (Fsp3) is 0.571. The molecule has 0 bridgehead atoms. The van der Waals surface area contributed by atoms with Crippen LogP contribution in [0.2, 0.25) is 0 Å². The molecular formula is C14H19F2NO2. The van der Waals surface area contributed by atoms with Crippen molar-refractivity contribution in [2.75, 3.05) is 19.6 Å². The zero-order valence-electron chi connectivity index (χ0n) is 10.7. The minimum absolute atomic E-state index is 0.259. The molecule has 2 N–H and O–H groups in total. The van der Waals surface area contributed by atoms with Crippen molar-refractivity contribution in [2.45, 2.75) is 31.5 Å². The molecule has 3 nitrogen and oxygen atoms in total. The maximum absolute atomic E-state index is 13.0. The molecule has 1 saturated heterocycles. The summed E-state index contributed by atoms with van der Waals surface area (Å²) in [5, 5.41) is 19.5. The molecule has 1 aromatic rings. The molecule has 1 aliphatic heterocycles. The average molecular weight is 271 g/mol. The van der Waals surface area contributed by atoms with Crippen LogP contribution in [-0.2, 0) is 0 Å². The highest BCUT2D eigenvalue weighted by Crippen LogP contribution is 2.20. The lowest BCUT2D eigenvalue weighted by molar-refractivity contribution is 0.0590. The number of β-amino-alcohol motifs (C(OH)–C–C–N with tert-alkyl or cyclic N) is 1. The molecule has 0 saturated carbocycles. The topological polar surface area (TPSA) is 43.7 Å². The number of likely N-dealkylation sites (tertiary alicyclic amines) is 1. The summed E-state index contributed by atoms with van der Waals surface area (Å²) in [6, 6.07) is 3.09. The summed E-state index contributed by atoms with van der Waals surface area (Å²) in [5.41, 5.74) is 0.259. The summed E-state index contributed by atoms with van der Waals surface area (Å²) < 4.78 is 26.1. The van der Waals surface area contributed by atoms with Crippen molar-refractivity contribution < 1.29 is 19.0 Å². The molecule has 2 rings (SSSR count). The summed E-state index contributed by atoms with van der Waals surface area (Å²) >= 11 is 0. The number of rotatable bonds is 4. The molecule has 0 radical (unpaired) electrons. The van der Waals surface area contributed by atoms with Gasteiger partial charge < -0.3 is 15.1 Å². The van der Waals surface area contributed by atoms with Crippen molar-refractivity contribution in [3.8, 4) is 0 Å². The number of benzene rings is 1. The molecule has 0 spiro atoms. The summed E-state index contributed by atoms with van der Waals surface area (Å²) in [6.45, 7) is 2.10. The summed E-state index contributed by atoms with van der Waals surface area (Å²) in [7, 11) is 0. The third-order valence-corrected chi connectivity index (χ3v) is 3.47. The van der Waals surface area contributed by atoms with E-state index in [1.54, 1.807) is 0 Å². The maximum Gasteiger partial charge on any atom is 0.126 e. The van der Waals surface area contributed by atoms with Gasteiger partial charge in [-0.25, -0.2) is 8.78 Å². The van der Waals surface area contributed by atoms with Gasteiger partial charge in [0.2, 0.25) is 0 Å². The Kier molecular flexibility index (Phi) is 4.85. The van der Waals surface area contributed by atoms with Gasteiger partial charge in [0.25, 0.3) is 0 Å². The van der Waals surface area contributed by atoms with Gasteiger partial charge in [-0.05, 0) is 43.5 Å². The summed E-state index contributed by atoms with van der Waals surface area (Å²) in [4.78, 5) is 2.06. The second-order valence-electron chi connectivity index (χ2n) is 5.10. The highest BCUT2D eigenvalue weighted by Gasteiger charge is 2.19. The lowest BCUT2D eigenvalue weighted by atomic mass is 10.0. The third kappa shape index (κ3) is 4.23. The van der Waals surface area contributed by atoms with Gasteiger partial charge in [-0.1, -0.05) is 0 Å². The van der Waals surface area contributed by atoms with Crippen LogP contribution in [0.4, 0.5) is 8.78 Å². The predicted octanol–water partition coefficient (Wildman–Crippen LogP) is 1.84. The van der Waals surface area contributed by atoms with Crippen molar-refractivity contribution in [2.24, 2.45) is 0 Å². The second-order valence-corrected chi connectivity index (χ2v) is 5.10. The zero-order valence-corrected chi connectivity index (χ0v) is 10.7. The lowest BCUT2D eigenvalue weighted by Gasteiger charge is -2.30. The normalized spacial score (nSPS) is 22.4. The van der Waals surface area contributed by atoms with Gasteiger partial charge in [0.15, 0.2) is 0 Å². The Hall–Kier alpha value is -1.04. The van der Waals surface area contributed by atoms with E-state index >= 15 is 0 Å². The van der Waals surface area contributed by atoms with Crippen LogP contribution in [0.1, 0.15) is 30.9 Å². The zero-order chi connectivity index (χ0) is 13.8. The minimum atomic E-state index is -0.885. The van der Waals surface area contributed by atoms with Crippen molar-refractivity contribution >= 4 is 0 Å². The van der Waals surface area contributed by atoms with Crippen LogP contribution < -0.4 is 0 Å². The van der Waals surface area contributed by atoms with Crippen molar-refractivity contribution in [1.29, 1.82) is 0 Å². The van der Waals surface area contributed by atoms with E-state index in [2.05, 4.69) is 4.90 Å². The van der Waals surface area contributed by atoms with E-state index in [0.29, 0.717) is 19.5 Å². The molecule has 5 heteroatoms. The Labute approximate surface area is 111 Å². The van der Waals surface area contributed by atoms with E-state index in [9.17, 15) is 19.0 Å². The van der Waals surface area contributed by atoms with Crippen LogP contribution in [0, 0.1) is 11.6 Å². The van der Waals surface area contributed by atoms with Gasteiger partial charge in [-0.3, -0.25) is 0 Å². The number of hydrogen-bond donors (Lipinski definition) is 2. The number of aliphatic hydroxyl groups excluding tert-OH is 2. The van der Waals surface area contributed by atoms with Crippen molar-refractivity contribution in [3.63, 3.8) is 0 Å². The molecule has 1 aliphatic rings. The van der Waals surface area contributed by atoms with E-state index in [0.717, 1.165) is 37.6 Å². The third-order valence-electron chi connectivity index (χ3n) is 3.47. The maximum atomic E-state index is 13.0. The van der Waals surface area contributed by atoms with Crippen LogP contribution in [0.3, 0.4) is 0 Å². The smallest absolute Gasteiger partial charge is 0.126 e. The van der Waals surface area contributed by atoms with Crippen LogP contribution in [-0.4, -0.2) is 40.9 Å². The van der Waals surface area contributed by atoms with Gasteiger partial charge >= 0.3 is 0 Å². The van der Waals surface area contributed by atoms with Gasteiger partial charge in [0.1, 0.15) is 11.6 Å². The molecular weight excluding hydrogens is 252 g/mol. The fourth-order valence-corrected chi connectivity index (χ4v) is 2.47. The van der Waals surface area contributed by atoms with E-state index in [1.165, 1.54) is 0 Å². The highest BCUT2D eigenvalue weighted by molar-refractivity contribution is 5.20. The standard InChI is InChI=1S/C14H19F2NO2/c15-11-6-10(7-12(16)8-11)14(19)3-5-17-4-1-2-13(18)9-17/h6-8,13-14,18-19H,1-5,9H2. The quantitative estimate of drug-likeness (QED) is 0.878. The van der Waals surface area contributed by atoms with E-state index in [4.69, 9.17) is 0 Å². The number of nitrogens with zero attached hydrogens (tertiary/aromatic N) is 1. The van der Waals surface area contributed by atoms with Crippen molar-refractivity contribution in [3.05, 3.63) is 35.4 Å². The first-order valence-corrected chi connectivity index (χ1v) is 6.59. The molecule has 19 heavy (non-hydrogen) atoms. The molecule has 1 heterocycles. The van der Waals surface area contributed by atoms with Crippen LogP contribution >= 0.6 is 0 Å². The van der Waals surface area contributed by atoms with Crippen LogP contribution in [0.5, 0.6) is 0 Å². The first-order chi connectivity index (χ1) is 9.04. The Balaban J connectivity index is 1.88. The number of aliphatic hydroxyl groups is 2. The molecule has 1 fully saturated rings. The molecule has 106 valence electrons. The number of halogens is 2. The Morgan fingerprint density at radius 3 is 2.58 bits per heavy atom. The van der Waals surface area contributed by atoms with Crippen molar-refractivity contribution in [1.82, 2.24) is 4.90 Å². The molecule has 0 amide bonds. The Morgan fingerprint density at radius 2 is 1.95 bits per heavy atom. The molecule has 2 atom stereocenters. The SMILES string of the molecule is OC1CCCN(CCC(O)c2cc(F)cc(F)c2)C1. The molecule has 0 aliphatic carbocycles. The monoisotopic (exact) mass is 271 g/mol.